The van der Waals surface area contributed by atoms with Gasteiger partial charge >= 0.3 is 6.18 Å². The molecule has 0 aliphatic carbocycles. The largest absolute Gasteiger partial charge is 0.456 e. The molecule has 0 spiro atoms. The first-order valence-electron chi connectivity index (χ1n) is 6.50. The standard InChI is InChI=1S/C16H16F3NO/c1-11-5-3-4-6-14(11)21-15-8-7-12(10-20-2)9-13(15)16(17,18)19/h3-9,20H,10H2,1-2H3. The Morgan fingerprint density at radius 2 is 1.76 bits per heavy atom. The SMILES string of the molecule is CNCc1ccc(Oc2ccccc2C)c(C(F)(F)F)c1. The van der Waals surface area contributed by atoms with Crippen LogP contribution in [0.5, 0.6) is 11.5 Å². The summed E-state index contributed by atoms with van der Waals surface area (Å²) in [5.74, 6) is 0.237. The molecular weight excluding hydrogens is 279 g/mol. The van der Waals surface area contributed by atoms with Crippen LogP contribution >= 0.6 is 0 Å². The van der Waals surface area contributed by atoms with E-state index in [1.54, 1.807) is 38.2 Å². The van der Waals surface area contributed by atoms with Crippen molar-refractivity contribution in [1.82, 2.24) is 5.32 Å². The summed E-state index contributed by atoms with van der Waals surface area (Å²) in [6, 6.07) is 11.1. The molecule has 2 aromatic carbocycles. The quantitative estimate of drug-likeness (QED) is 0.895. The zero-order chi connectivity index (χ0) is 15.5. The Labute approximate surface area is 121 Å². The third-order valence-electron chi connectivity index (χ3n) is 3.04. The van der Waals surface area contributed by atoms with Crippen molar-refractivity contribution in [1.29, 1.82) is 0 Å². The molecule has 2 rings (SSSR count). The van der Waals surface area contributed by atoms with Crippen LogP contribution in [0.3, 0.4) is 0 Å². The van der Waals surface area contributed by atoms with E-state index in [1.807, 2.05) is 6.07 Å². The Kier molecular flexibility index (Phi) is 4.53. The Morgan fingerprint density at radius 3 is 2.38 bits per heavy atom. The van der Waals surface area contributed by atoms with Crippen molar-refractivity contribution in [3.05, 3.63) is 59.2 Å². The average Bonchev–Trinajstić information content (AvgIpc) is 2.42. The van der Waals surface area contributed by atoms with Crippen LogP contribution in [0.25, 0.3) is 0 Å². The van der Waals surface area contributed by atoms with Crippen molar-refractivity contribution in [2.45, 2.75) is 19.6 Å². The lowest BCUT2D eigenvalue weighted by Gasteiger charge is -2.16. The molecular formula is C16H16F3NO. The van der Waals surface area contributed by atoms with E-state index in [9.17, 15) is 13.2 Å². The Bertz CT molecular complexity index is 623. The molecule has 0 saturated heterocycles. The van der Waals surface area contributed by atoms with Gasteiger partial charge in [0.1, 0.15) is 11.5 Å². The van der Waals surface area contributed by atoms with Gasteiger partial charge in [-0.2, -0.15) is 13.2 Å². The van der Waals surface area contributed by atoms with Crippen molar-refractivity contribution < 1.29 is 17.9 Å². The fraction of sp³-hybridized carbons (Fsp3) is 0.250. The number of alkyl halides is 3. The van der Waals surface area contributed by atoms with Crippen LogP contribution in [-0.2, 0) is 12.7 Å². The minimum atomic E-state index is -4.46. The smallest absolute Gasteiger partial charge is 0.419 e. The first-order chi connectivity index (χ1) is 9.91. The van der Waals surface area contributed by atoms with Gasteiger partial charge in [0, 0.05) is 6.54 Å². The zero-order valence-corrected chi connectivity index (χ0v) is 11.8. The van der Waals surface area contributed by atoms with E-state index < -0.39 is 11.7 Å². The summed E-state index contributed by atoms with van der Waals surface area (Å²) in [7, 11) is 1.69. The molecule has 0 saturated carbocycles. The van der Waals surface area contributed by atoms with Crippen LogP contribution in [0.1, 0.15) is 16.7 Å². The lowest BCUT2D eigenvalue weighted by atomic mass is 10.1. The third kappa shape index (κ3) is 3.76. The van der Waals surface area contributed by atoms with E-state index in [-0.39, 0.29) is 5.75 Å². The summed E-state index contributed by atoms with van der Waals surface area (Å²) in [5, 5.41) is 2.83. The number of benzene rings is 2. The van der Waals surface area contributed by atoms with Crippen molar-refractivity contribution in [3.63, 3.8) is 0 Å². The molecule has 112 valence electrons. The second-order valence-electron chi connectivity index (χ2n) is 4.73. The average molecular weight is 295 g/mol. The van der Waals surface area contributed by atoms with Gasteiger partial charge in [0.25, 0.3) is 0 Å². The van der Waals surface area contributed by atoms with Crippen molar-refractivity contribution in [3.8, 4) is 11.5 Å². The van der Waals surface area contributed by atoms with E-state index in [0.717, 1.165) is 11.6 Å². The molecule has 21 heavy (non-hydrogen) atoms. The van der Waals surface area contributed by atoms with Gasteiger partial charge in [0.05, 0.1) is 5.56 Å². The number of nitrogens with one attached hydrogen (secondary N) is 1. The van der Waals surface area contributed by atoms with Gasteiger partial charge in [-0.3, -0.25) is 0 Å². The molecule has 0 fully saturated rings. The van der Waals surface area contributed by atoms with Crippen molar-refractivity contribution in [2.75, 3.05) is 7.05 Å². The van der Waals surface area contributed by atoms with Crippen LogP contribution in [0.2, 0.25) is 0 Å². The van der Waals surface area contributed by atoms with Crippen LogP contribution in [0.4, 0.5) is 13.2 Å². The highest BCUT2D eigenvalue weighted by molar-refractivity contribution is 5.44. The molecule has 5 heteroatoms. The Morgan fingerprint density at radius 1 is 1.05 bits per heavy atom. The summed E-state index contributed by atoms with van der Waals surface area (Å²) in [6.07, 6.45) is -4.46. The molecule has 0 bridgehead atoms. The van der Waals surface area contributed by atoms with Gasteiger partial charge in [0.2, 0.25) is 0 Å². The predicted octanol–water partition coefficient (Wildman–Crippen LogP) is 4.53. The van der Waals surface area contributed by atoms with Crippen molar-refractivity contribution >= 4 is 0 Å². The predicted molar refractivity (Wildman–Crippen MR) is 75.5 cm³/mol. The maximum Gasteiger partial charge on any atom is 0.419 e. The number of aryl methyl sites for hydroxylation is 1. The first-order valence-corrected chi connectivity index (χ1v) is 6.50. The lowest BCUT2D eigenvalue weighted by molar-refractivity contribution is -0.138. The van der Waals surface area contributed by atoms with Gasteiger partial charge in [-0.05, 0) is 43.3 Å². The number of hydrogen-bond donors (Lipinski definition) is 1. The third-order valence-corrected chi connectivity index (χ3v) is 3.04. The lowest BCUT2D eigenvalue weighted by Crippen LogP contribution is -2.11. The monoisotopic (exact) mass is 295 g/mol. The first kappa shape index (κ1) is 15.4. The highest BCUT2D eigenvalue weighted by Gasteiger charge is 2.34. The highest BCUT2D eigenvalue weighted by Crippen LogP contribution is 2.39. The van der Waals surface area contributed by atoms with Gasteiger partial charge in [-0.1, -0.05) is 24.3 Å². The zero-order valence-electron chi connectivity index (χ0n) is 11.8. The molecule has 0 heterocycles. The summed E-state index contributed by atoms with van der Waals surface area (Å²) in [6.45, 7) is 2.16. The van der Waals surface area contributed by atoms with E-state index in [2.05, 4.69) is 5.32 Å². The van der Waals surface area contributed by atoms with Crippen LogP contribution in [0, 0.1) is 6.92 Å². The summed E-state index contributed by atoms with van der Waals surface area (Å²) in [4.78, 5) is 0. The maximum atomic E-state index is 13.2. The molecule has 0 unspecified atom stereocenters. The molecule has 2 nitrogen and oxygen atoms in total. The van der Waals surface area contributed by atoms with E-state index in [1.165, 1.54) is 6.07 Å². The fourth-order valence-corrected chi connectivity index (χ4v) is 1.99. The fourth-order valence-electron chi connectivity index (χ4n) is 1.99. The number of halogens is 3. The maximum absolute atomic E-state index is 13.2. The van der Waals surface area contributed by atoms with Crippen LogP contribution < -0.4 is 10.1 Å². The molecule has 0 radical (unpaired) electrons. The Hall–Kier alpha value is -2.01. The number of hydrogen-bond acceptors (Lipinski definition) is 2. The summed E-state index contributed by atoms with van der Waals surface area (Å²) < 4.78 is 45.0. The minimum Gasteiger partial charge on any atom is -0.456 e. The van der Waals surface area contributed by atoms with Gasteiger partial charge in [-0.25, -0.2) is 0 Å². The normalized spacial score (nSPS) is 11.5. The molecule has 0 aliphatic rings. The molecule has 0 aliphatic heterocycles. The van der Waals surface area contributed by atoms with Crippen LogP contribution in [0.15, 0.2) is 42.5 Å². The topological polar surface area (TPSA) is 21.3 Å². The summed E-state index contributed by atoms with van der Waals surface area (Å²) in [5.41, 5.74) is 0.574. The summed E-state index contributed by atoms with van der Waals surface area (Å²) >= 11 is 0. The Balaban J connectivity index is 2.41. The molecule has 0 aromatic heterocycles. The van der Waals surface area contributed by atoms with E-state index in [0.29, 0.717) is 17.9 Å². The molecule has 2 aromatic rings. The van der Waals surface area contributed by atoms with E-state index >= 15 is 0 Å². The molecule has 1 N–H and O–H groups in total. The number of rotatable bonds is 4. The minimum absolute atomic E-state index is 0.184. The second-order valence-corrected chi connectivity index (χ2v) is 4.73. The highest BCUT2D eigenvalue weighted by atomic mass is 19.4. The van der Waals surface area contributed by atoms with Crippen molar-refractivity contribution in [2.24, 2.45) is 0 Å². The van der Waals surface area contributed by atoms with E-state index in [4.69, 9.17) is 4.74 Å². The molecule has 0 atom stereocenters. The van der Waals surface area contributed by atoms with Gasteiger partial charge in [0.15, 0.2) is 0 Å². The molecule has 0 amide bonds. The number of para-hydroxylation sites is 1. The van der Waals surface area contributed by atoms with Gasteiger partial charge < -0.3 is 10.1 Å². The van der Waals surface area contributed by atoms with Gasteiger partial charge in [-0.15, -0.1) is 0 Å². The number of ether oxygens (including phenoxy) is 1. The second kappa shape index (κ2) is 6.18. The van der Waals surface area contributed by atoms with Crippen LogP contribution in [-0.4, -0.2) is 7.05 Å².